The summed E-state index contributed by atoms with van der Waals surface area (Å²) in [5, 5.41) is 5.82. The van der Waals surface area contributed by atoms with Crippen molar-refractivity contribution in [2.24, 2.45) is 0 Å². The number of anilines is 3. The molecule has 2 fully saturated rings. The first-order valence-electron chi connectivity index (χ1n) is 10.1. The fraction of sp³-hybridized carbons (Fsp3) is 0.318. The molecule has 0 saturated carbocycles. The van der Waals surface area contributed by atoms with E-state index in [0.29, 0.717) is 29.4 Å². The third-order valence-corrected chi connectivity index (χ3v) is 5.88. The summed E-state index contributed by atoms with van der Waals surface area (Å²) in [6.07, 6.45) is 0.390. The molecule has 4 amide bonds. The van der Waals surface area contributed by atoms with E-state index in [0.717, 1.165) is 0 Å². The van der Waals surface area contributed by atoms with Gasteiger partial charge in [-0.3, -0.25) is 9.59 Å². The Labute approximate surface area is 189 Å². The second kappa shape index (κ2) is 9.13. The molecule has 168 valence electrons. The van der Waals surface area contributed by atoms with Crippen LogP contribution in [0.1, 0.15) is 12.8 Å². The van der Waals surface area contributed by atoms with Crippen molar-refractivity contribution in [1.82, 2.24) is 4.90 Å². The second-order valence-electron chi connectivity index (χ2n) is 7.65. The van der Waals surface area contributed by atoms with Crippen molar-refractivity contribution in [3.63, 3.8) is 0 Å². The fourth-order valence-electron chi connectivity index (χ4n) is 3.75. The van der Waals surface area contributed by atoms with E-state index in [9.17, 15) is 18.8 Å². The van der Waals surface area contributed by atoms with Gasteiger partial charge in [0.25, 0.3) is 0 Å². The van der Waals surface area contributed by atoms with Gasteiger partial charge in [-0.25, -0.2) is 9.18 Å². The first kappa shape index (κ1) is 22.0. The number of carbonyl (C=O) groups is 3. The zero-order valence-electron chi connectivity index (χ0n) is 17.3. The number of nitrogens with one attached hydrogen (secondary N) is 2. The third-order valence-electron chi connectivity index (χ3n) is 5.63. The van der Waals surface area contributed by atoms with E-state index in [-0.39, 0.29) is 30.7 Å². The smallest absolute Gasteiger partial charge is 0.322 e. The quantitative estimate of drug-likeness (QED) is 0.668. The Morgan fingerprint density at radius 2 is 1.91 bits per heavy atom. The van der Waals surface area contributed by atoms with Crippen LogP contribution in [0, 0.1) is 5.82 Å². The topological polar surface area (TPSA) is 91.0 Å². The average molecular weight is 461 g/mol. The monoisotopic (exact) mass is 460 g/mol. The number of nitrogens with zero attached hydrogens (tertiary/aromatic N) is 2. The summed E-state index contributed by atoms with van der Waals surface area (Å²) >= 11 is 5.87. The van der Waals surface area contributed by atoms with Gasteiger partial charge < -0.3 is 25.2 Å². The van der Waals surface area contributed by atoms with Crippen LogP contribution in [-0.2, 0) is 14.3 Å². The van der Waals surface area contributed by atoms with Crippen molar-refractivity contribution in [3.8, 4) is 0 Å². The molecular formula is C22H22ClFN4O4. The molecule has 8 nitrogen and oxygen atoms in total. The van der Waals surface area contributed by atoms with Gasteiger partial charge in [-0.1, -0.05) is 11.6 Å². The van der Waals surface area contributed by atoms with Crippen LogP contribution in [0.25, 0.3) is 0 Å². The highest BCUT2D eigenvalue weighted by atomic mass is 35.5. The number of carbonyl (C=O) groups excluding carboxylic acids is 3. The number of amides is 4. The van der Waals surface area contributed by atoms with Crippen molar-refractivity contribution >= 4 is 46.5 Å². The summed E-state index contributed by atoms with van der Waals surface area (Å²) in [5.41, 5.74) is 0.952. The molecule has 2 atom stereocenters. The Bertz CT molecular complexity index is 1050. The minimum Gasteiger partial charge on any atom is -0.380 e. The van der Waals surface area contributed by atoms with Gasteiger partial charge in [0.15, 0.2) is 0 Å². The van der Waals surface area contributed by atoms with E-state index < -0.39 is 23.8 Å². The molecule has 2 aromatic carbocycles. The van der Waals surface area contributed by atoms with Crippen LogP contribution in [0.3, 0.4) is 0 Å². The van der Waals surface area contributed by atoms with Gasteiger partial charge in [-0.05, 0) is 42.5 Å². The number of likely N-dealkylation sites (tertiary alicyclic amines) is 1. The molecule has 2 heterocycles. The number of halogens is 2. The highest BCUT2D eigenvalue weighted by Crippen LogP contribution is 2.28. The highest BCUT2D eigenvalue weighted by molar-refractivity contribution is 6.30. The SMILES string of the molecule is COC1CC(C(=O)Nc2ccc(N3CCC3=O)cc2F)N(C(=O)Nc2ccc(Cl)cc2)C1. The number of methoxy groups -OCH3 is 1. The molecule has 2 unspecified atom stereocenters. The fourth-order valence-corrected chi connectivity index (χ4v) is 3.87. The van der Waals surface area contributed by atoms with E-state index in [1.807, 2.05) is 0 Å². The summed E-state index contributed by atoms with van der Waals surface area (Å²) in [6, 6.07) is 9.47. The minimum absolute atomic E-state index is 0.0225. The molecule has 0 aliphatic carbocycles. The van der Waals surface area contributed by atoms with Crippen molar-refractivity contribution in [2.75, 3.05) is 35.7 Å². The number of hydrogen-bond donors (Lipinski definition) is 2. The predicted octanol–water partition coefficient (Wildman–Crippen LogP) is 3.48. The van der Waals surface area contributed by atoms with Crippen LogP contribution in [-0.4, -0.2) is 55.1 Å². The minimum atomic E-state index is -0.844. The van der Waals surface area contributed by atoms with E-state index in [2.05, 4.69) is 10.6 Å². The zero-order valence-corrected chi connectivity index (χ0v) is 18.1. The molecule has 4 rings (SSSR count). The van der Waals surface area contributed by atoms with Gasteiger partial charge in [0.1, 0.15) is 11.9 Å². The van der Waals surface area contributed by atoms with E-state index in [4.69, 9.17) is 16.3 Å². The predicted molar refractivity (Wildman–Crippen MR) is 118 cm³/mol. The van der Waals surface area contributed by atoms with Gasteiger partial charge in [0, 0.05) is 49.4 Å². The molecule has 2 aliphatic heterocycles. The summed E-state index contributed by atoms with van der Waals surface area (Å²) in [6.45, 7) is 0.759. The maximum absolute atomic E-state index is 14.6. The molecule has 2 N–H and O–H groups in total. The van der Waals surface area contributed by atoms with Gasteiger partial charge in [-0.2, -0.15) is 0 Å². The second-order valence-corrected chi connectivity index (χ2v) is 8.08. The Morgan fingerprint density at radius 3 is 2.50 bits per heavy atom. The molecule has 10 heteroatoms. The van der Waals surface area contributed by atoms with E-state index in [1.165, 1.54) is 29.0 Å². The van der Waals surface area contributed by atoms with Gasteiger partial charge in [-0.15, -0.1) is 0 Å². The first-order chi connectivity index (χ1) is 15.4. The van der Waals surface area contributed by atoms with Gasteiger partial charge >= 0.3 is 6.03 Å². The van der Waals surface area contributed by atoms with Crippen LogP contribution in [0.5, 0.6) is 0 Å². The lowest BCUT2D eigenvalue weighted by Crippen LogP contribution is -2.45. The molecule has 0 bridgehead atoms. The maximum atomic E-state index is 14.6. The van der Waals surface area contributed by atoms with Gasteiger partial charge in [0.2, 0.25) is 11.8 Å². The largest absolute Gasteiger partial charge is 0.380 e. The molecule has 0 spiro atoms. The number of ether oxygens (including phenoxy) is 1. The zero-order chi connectivity index (χ0) is 22.8. The van der Waals surface area contributed by atoms with Crippen LogP contribution in [0.15, 0.2) is 42.5 Å². The first-order valence-corrected chi connectivity index (χ1v) is 10.5. The molecule has 2 aromatic rings. The Hall–Kier alpha value is -3.17. The van der Waals surface area contributed by atoms with Crippen LogP contribution in [0.4, 0.5) is 26.2 Å². The molecule has 2 saturated heterocycles. The number of urea groups is 1. The lowest BCUT2D eigenvalue weighted by molar-refractivity contribution is -0.122. The average Bonchev–Trinajstić information content (AvgIpc) is 3.21. The van der Waals surface area contributed by atoms with Crippen LogP contribution >= 0.6 is 11.6 Å². The molecule has 2 aliphatic rings. The number of rotatable bonds is 5. The highest BCUT2D eigenvalue weighted by Gasteiger charge is 2.40. The molecule has 0 aromatic heterocycles. The van der Waals surface area contributed by atoms with Crippen molar-refractivity contribution in [3.05, 3.63) is 53.3 Å². The summed E-state index contributed by atoms with van der Waals surface area (Å²) in [5.74, 6) is -1.25. The molecular weight excluding hydrogens is 439 g/mol. The lowest BCUT2D eigenvalue weighted by atomic mass is 10.1. The van der Waals surface area contributed by atoms with Gasteiger partial charge in [0.05, 0.1) is 11.8 Å². The molecule has 0 radical (unpaired) electrons. The molecule has 32 heavy (non-hydrogen) atoms. The van der Waals surface area contributed by atoms with Crippen molar-refractivity contribution in [2.45, 2.75) is 25.0 Å². The summed E-state index contributed by atoms with van der Waals surface area (Å²) < 4.78 is 19.9. The third kappa shape index (κ3) is 4.53. The number of β-lactam (4-membered cyclic amide) rings is 1. The summed E-state index contributed by atoms with van der Waals surface area (Å²) in [4.78, 5) is 40.2. The number of hydrogen-bond acceptors (Lipinski definition) is 4. The Morgan fingerprint density at radius 1 is 1.16 bits per heavy atom. The Kier molecular flexibility index (Phi) is 6.29. The number of benzene rings is 2. The normalized spacial score (nSPS) is 20.2. The van der Waals surface area contributed by atoms with Crippen LogP contribution in [0.2, 0.25) is 5.02 Å². The van der Waals surface area contributed by atoms with E-state index in [1.54, 1.807) is 30.3 Å². The van der Waals surface area contributed by atoms with Crippen molar-refractivity contribution < 1.29 is 23.5 Å². The summed E-state index contributed by atoms with van der Waals surface area (Å²) in [7, 11) is 1.51. The van der Waals surface area contributed by atoms with Crippen LogP contribution < -0.4 is 15.5 Å². The van der Waals surface area contributed by atoms with E-state index >= 15 is 0 Å². The lowest BCUT2D eigenvalue weighted by Gasteiger charge is -2.30. The Balaban J connectivity index is 1.46. The standard InChI is InChI=1S/C22H22ClFN4O4/c1-32-16-11-19(28(12-16)22(31)25-14-4-2-13(23)3-5-14)21(30)26-18-7-6-15(10-17(18)24)27-9-8-20(27)29/h2-7,10,16,19H,8-9,11-12H2,1H3,(H,25,31)(H,26,30). The maximum Gasteiger partial charge on any atom is 0.322 e. The van der Waals surface area contributed by atoms with Crippen molar-refractivity contribution in [1.29, 1.82) is 0 Å².